The average molecular weight is 682 g/mol. The topological polar surface area (TPSA) is 143 Å². The van der Waals surface area contributed by atoms with Crippen LogP contribution in [0.2, 0.25) is 0 Å². The van der Waals surface area contributed by atoms with Gasteiger partial charge in [-0.05, 0) is 63.0 Å². The molecule has 2 amide bonds. The second-order valence-corrected chi connectivity index (χ2v) is 14.6. The number of anilines is 2. The summed E-state index contributed by atoms with van der Waals surface area (Å²) in [6, 6.07) is 13.4. The van der Waals surface area contributed by atoms with Crippen molar-refractivity contribution in [1.29, 1.82) is 0 Å². The number of rotatable bonds is 10. The Bertz CT molecular complexity index is 1960. The van der Waals surface area contributed by atoms with Crippen molar-refractivity contribution >= 4 is 23.4 Å². The Morgan fingerprint density at radius 1 is 1.06 bits per heavy atom. The van der Waals surface area contributed by atoms with Crippen LogP contribution in [0, 0.1) is 0 Å². The molecule has 1 fully saturated rings. The van der Waals surface area contributed by atoms with Gasteiger partial charge in [0.1, 0.15) is 23.4 Å². The third kappa shape index (κ3) is 6.90. The van der Waals surface area contributed by atoms with E-state index in [1.54, 1.807) is 10.9 Å². The highest BCUT2D eigenvalue weighted by atomic mass is 16.5. The summed E-state index contributed by atoms with van der Waals surface area (Å²) in [5.41, 5.74) is 4.22. The van der Waals surface area contributed by atoms with Crippen molar-refractivity contribution in [2.75, 3.05) is 44.0 Å². The number of carbonyl (C=O) groups excluding carboxylic acids is 1. The third-order valence-electron chi connectivity index (χ3n) is 9.58. The van der Waals surface area contributed by atoms with Crippen molar-refractivity contribution in [1.82, 2.24) is 44.4 Å². The first-order chi connectivity index (χ1) is 24.1. The molecule has 3 N–H and O–H groups in total. The van der Waals surface area contributed by atoms with Crippen molar-refractivity contribution < 1.29 is 14.6 Å². The van der Waals surface area contributed by atoms with E-state index in [0.717, 1.165) is 66.6 Å². The van der Waals surface area contributed by atoms with Gasteiger partial charge in [0, 0.05) is 24.6 Å². The number of urea groups is 1. The van der Waals surface area contributed by atoms with E-state index in [-0.39, 0.29) is 36.2 Å². The maximum atomic E-state index is 13.6. The summed E-state index contributed by atoms with van der Waals surface area (Å²) in [4.78, 5) is 17.9. The highest BCUT2D eigenvalue weighted by Crippen LogP contribution is 2.39. The van der Waals surface area contributed by atoms with Gasteiger partial charge in [-0.15, -0.1) is 10.2 Å². The van der Waals surface area contributed by atoms with Crippen molar-refractivity contribution in [3.8, 4) is 11.4 Å². The molecular weight excluding hydrogens is 634 g/mol. The van der Waals surface area contributed by atoms with Crippen LogP contribution in [0.15, 0.2) is 61.1 Å². The Balaban J connectivity index is 1.07. The number of aromatic nitrogens is 7. The van der Waals surface area contributed by atoms with Crippen LogP contribution in [0.1, 0.15) is 75.4 Å². The highest BCUT2D eigenvalue weighted by molar-refractivity contribution is 5.89. The first-order valence-electron chi connectivity index (χ1n) is 17.4. The number of pyridine rings is 1. The fraction of sp³-hybridized carbons (Fsp3) is 0.472. The molecule has 5 aromatic rings. The van der Waals surface area contributed by atoms with Gasteiger partial charge >= 0.3 is 6.03 Å². The van der Waals surface area contributed by atoms with E-state index >= 15 is 0 Å². The standard InChI is InChI=1S/C36H47N11O3/c1-36(2,3)31-19-33(47(42-31)25-20-37-44(21-25)18-17-43(4)5)39-34(49)38-29-13-14-30(28-11-7-6-10-27(28)29)50-26-12-15-32-40-41-35(46(32)22-26)45-16-8-9-24(45)23-48/h6-7,10-12,15,19-22,24,29-30,48H,8-9,13-14,16-18,23H2,1-5H3,(H2,38,39,49). The van der Waals surface area contributed by atoms with Crippen LogP contribution in [0.5, 0.6) is 5.75 Å². The number of likely N-dealkylation sites (N-methyl/N-ethyl adjacent to an activating group) is 1. The normalized spacial score (nSPS) is 19.3. The van der Waals surface area contributed by atoms with Crippen LogP contribution in [0.4, 0.5) is 16.6 Å². The zero-order valence-corrected chi connectivity index (χ0v) is 29.5. The van der Waals surface area contributed by atoms with Crippen LogP contribution in [-0.2, 0) is 12.0 Å². The molecule has 7 rings (SSSR count). The number of fused-ring (bicyclic) bond motifs is 2. The van der Waals surface area contributed by atoms with Crippen molar-refractivity contribution in [3.05, 3.63) is 77.9 Å². The first-order valence-corrected chi connectivity index (χ1v) is 17.4. The average Bonchev–Trinajstić information content (AvgIpc) is 3.90. The Labute approximate surface area is 292 Å². The maximum absolute atomic E-state index is 13.6. The lowest BCUT2D eigenvalue weighted by molar-refractivity contribution is 0.171. The van der Waals surface area contributed by atoms with Gasteiger partial charge in [0.25, 0.3) is 0 Å². The predicted molar refractivity (Wildman–Crippen MR) is 191 cm³/mol. The quantitative estimate of drug-likeness (QED) is 0.191. The fourth-order valence-corrected chi connectivity index (χ4v) is 6.83. The van der Waals surface area contributed by atoms with Gasteiger partial charge in [-0.1, -0.05) is 45.0 Å². The molecule has 3 unspecified atom stereocenters. The zero-order valence-electron chi connectivity index (χ0n) is 29.5. The molecular formula is C36H47N11O3. The molecule has 1 aromatic carbocycles. The van der Waals surface area contributed by atoms with Crippen LogP contribution < -0.4 is 20.3 Å². The van der Waals surface area contributed by atoms with E-state index < -0.39 is 0 Å². The number of aliphatic hydroxyl groups is 1. The molecule has 0 radical (unpaired) electrons. The number of aliphatic hydroxyl groups excluding tert-OH is 1. The van der Waals surface area contributed by atoms with Gasteiger partial charge < -0.3 is 25.0 Å². The van der Waals surface area contributed by atoms with E-state index in [2.05, 4.69) is 68.6 Å². The Kier molecular flexibility index (Phi) is 9.23. The smallest absolute Gasteiger partial charge is 0.320 e. The van der Waals surface area contributed by atoms with Crippen molar-refractivity contribution in [2.24, 2.45) is 0 Å². The summed E-state index contributed by atoms with van der Waals surface area (Å²) in [5.74, 6) is 2.00. The summed E-state index contributed by atoms with van der Waals surface area (Å²) >= 11 is 0. The first kappa shape index (κ1) is 33.5. The summed E-state index contributed by atoms with van der Waals surface area (Å²) in [6.07, 6.45) is 8.81. The van der Waals surface area contributed by atoms with Gasteiger partial charge in [-0.2, -0.15) is 10.2 Å². The van der Waals surface area contributed by atoms with Crippen molar-refractivity contribution in [2.45, 2.75) is 76.6 Å². The molecule has 4 aromatic heterocycles. The number of carbonyl (C=O) groups is 1. The van der Waals surface area contributed by atoms with E-state index in [1.165, 1.54) is 0 Å². The molecule has 1 aliphatic heterocycles. The summed E-state index contributed by atoms with van der Waals surface area (Å²) in [6.45, 7) is 8.83. The van der Waals surface area contributed by atoms with Gasteiger partial charge in [-0.3, -0.25) is 14.4 Å². The molecule has 14 nitrogen and oxygen atoms in total. The lowest BCUT2D eigenvalue weighted by atomic mass is 9.85. The lowest BCUT2D eigenvalue weighted by Crippen LogP contribution is -2.36. The second kappa shape index (κ2) is 13.8. The van der Waals surface area contributed by atoms with Crippen LogP contribution in [0.3, 0.4) is 0 Å². The van der Waals surface area contributed by atoms with Gasteiger partial charge in [-0.25, -0.2) is 9.48 Å². The van der Waals surface area contributed by atoms with Gasteiger partial charge in [0.05, 0.1) is 49.5 Å². The largest absolute Gasteiger partial charge is 0.484 e. The van der Waals surface area contributed by atoms with E-state index in [9.17, 15) is 9.90 Å². The maximum Gasteiger partial charge on any atom is 0.320 e. The lowest BCUT2D eigenvalue weighted by Gasteiger charge is -2.32. The second-order valence-electron chi connectivity index (χ2n) is 14.6. The minimum absolute atomic E-state index is 0.0389. The number of nitrogens with one attached hydrogen (secondary N) is 2. The molecule has 5 heterocycles. The van der Waals surface area contributed by atoms with Crippen LogP contribution in [0.25, 0.3) is 11.3 Å². The predicted octanol–water partition coefficient (Wildman–Crippen LogP) is 4.71. The third-order valence-corrected chi connectivity index (χ3v) is 9.58. The fourth-order valence-electron chi connectivity index (χ4n) is 6.83. The molecule has 3 atom stereocenters. The molecule has 1 aliphatic carbocycles. The van der Waals surface area contributed by atoms with Crippen molar-refractivity contribution in [3.63, 3.8) is 0 Å². The minimum Gasteiger partial charge on any atom is -0.484 e. The van der Waals surface area contributed by atoms with E-state index in [4.69, 9.17) is 9.84 Å². The van der Waals surface area contributed by atoms with Crippen LogP contribution >= 0.6 is 0 Å². The van der Waals surface area contributed by atoms with Crippen LogP contribution in [-0.4, -0.2) is 90.0 Å². The minimum atomic E-state index is -0.306. The summed E-state index contributed by atoms with van der Waals surface area (Å²) < 4.78 is 12.2. The van der Waals surface area contributed by atoms with E-state index in [1.807, 2.05) is 65.9 Å². The number of benzene rings is 1. The molecule has 264 valence electrons. The molecule has 0 spiro atoms. The number of ether oxygens (including phenoxy) is 1. The molecule has 14 heteroatoms. The van der Waals surface area contributed by atoms with Gasteiger partial charge in [0.2, 0.25) is 5.95 Å². The molecule has 1 saturated heterocycles. The highest BCUT2D eigenvalue weighted by Gasteiger charge is 2.31. The molecule has 0 saturated carbocycles. The molecule has 2 aliphatic rings. The summed E-state index contributed by atoms with van der Waals surface area (Å²) in [5, 5.41) is 34.4. The van der Waals surface area contributed by atoms with E-state index in [0.29, 0.717) is 24.4 Å². The van der Waals surface area contributed by atoms with Gasteiger partial charge in [0.15, 0.2) is 5.65 Å². The Morgan fingerprint density at radius 2 is 1.88 bits per heavy atom. The number of amides is 2. The monoisotopic (exact) mass is 681 g/mol. The molecule has 50 heavy (non-hydrogen) atoms. The Morgan fingerprint density at radius 3 is 2.66 bits per heavy atom. The zero-order chi connectivity index (χ0) is 35.0. The number of hydrogen-bond acceptors (Lipinski definition) is 9. The molecule has 0 bridgehead atoms. The SMILES string of the molecule is CN(C)CCn1cc(-n2nc(C(C)(C)C)cc2NC(=O)NC2CCC(Oc3ccc4nnc(N5CCCC5CO)n4c3)c3ccccc32)cn1. The number of nitrogens with zero attached hydrogens (tertiary/aromatic N) is 9. The summed E-state index contributed by atoms with van der Waals surface area (Å²) in [7, 11) is 4.07. The number of hydrogen-bond donors (Lipinski definition) is 3. The Hall–Kier alpha value is -4.95.